The Bertz CT molecular complexity index is 368. The van der Waals surface area contributed by atoms with Crippen LogP contribution in [-0.4, -0.2) is 19.1 Å². The lowest BCUT2D eigenvalue weighted by molar-refractivity contribution is -0.142. The van der Waals surface area contributed by atoms with Crippen LogP contribution in [0.5, 0.6) is 0 Å². The molecule has 0 aliphatic carbocycles. The maximum absolute atomic E-state index is 11.3. The number of ether oxygens (including phenoxy) is 1. The first-order valence-corrected chi connectivity index (χ1v) is 5.93. The summed E-state index contributed by atoms with van der Waals surface area (Å²) in [5, 5.41) is 3.18. The van der Waals surface area contributed by atoms with Gasteiger partial charge in [0.25, 0.3) is 0 Å². The van der Waals surface area contributed by atoms with Gasteiger partial charge in [0.05, 0.1) is 7.11 Å². The molecule has 0 aromatic heterocycles. The zero-order chi connectivity index (χ0) is 12.1. The van der Waals surface area contributed by atoms with E-state index in [0.29, 0.717) is 0 Å². The van der Waals surface area contributed by atoms with Gasteiger partial charge in [0.2, 0.25) is 0 Å². The topological polar surface area (TPSA) is 38.3 Å². The number of rotatable bonds is 4. The van der Waals surface area contributed by atoms with E-state index in [2.05, 4.69) is 26.0 Å². The molecule has 0 amide bonds. The van der Waals surface area contributed by atoms with Gasteiger partial charge in [0.15, 0.2) is 0 Å². The molecule has 1 aromatic rings. The summed E-state index contributed by atoms with van der Waals surface area (Å²) in [7, 11) is 1.39. The standard InChI is InChI=1S/C12H16BrNO2/c1-8(14-9(2)12(15)16-3)10-5-4-6-11(13)7-10/h4-9,14H,1-3H3/t8-,9?/m0/s1. The average Bonchev–Trinajstić information content (AvgIpc) is 2.27. The Hall–Kier alpha value is -0.870. The number of methoxy groups -OCH3 is 1. The summed E-state index contributed by atoms with van der Waals surface area (Å²) in [4.78, 5) is 11.3. The van der Waals surface area contributed by atoms with Gasteiger partial charge in [-0.3, -0.25) is 10.1 Å². The normalized spacial score (nSPS) is 14.2. The number of hydrogen-bond donors (Lipinski definition) is 1. The molecule has 1 rings (SSSR count). The molecule has 0 aliphatic heterocycles. The van der Waals surface area contributed by atoms with E-state index in [1.54, 1.807) is 6.92 Å². The van der Waals surface area contributed by atoms with Crippen molar-refractivity contribution in [1.29, 1.82) is 0 Å². The van der Waals surface area contributed by atoms with Crippen molar-refractivity contribution in [1.82, 2.24) is 5.32 Å². The van der Waals surface area contributed by atoms with E-state index in [1.807, 2.05) is 31.2 Å². The lowest BCUT2D eigenvalue weighted by Crippen LogP contribution is -2.36. The van der Waals surface area contributed by atoms with Crippen LogP contribution in [0.3, 0.4) is 0 Å². The SMILES string of the molecule is COC(=O)C(C)N[C@@H](C)c1cccc(Br)c1. The molecule has 0 saturated carbocycles. The minimum atomic E-state index is -0.306. The molecule has 0 spiro atoms. The summed E-state index contributed by atoms with van der Waals surface area (Å²) in [6, 6.07) is 7.79. The number of carbonyl (C=O) groups is 1. The van der Waals surface area contributed by atoms with Crippen LogP contribution >= 0.6 is 15.9 Å². The summed E-state index contributed by atoms with van der Waals surface area (Å²) in [6.45, 7) is 3.81. The van der Waals surface area contributed by atoms with Gasteiger partial charge in [0, 0.05) is 10.5 Å². The number of carbonyl (C=O) groups excluding carboxylic acids is 1. The van der Waals surface area contributed by atoms with Gasteiger partial charge in [-0.15, -0.1) is 0 Å². The second-order valence-corrected chi connectivity index (χ2v) is 4.60. The van der Waals surface area contributed by atoms with E-state index in [0.717, 1.165) is 10.0 Å². The molecule has 0 aliphatic rings. The second kappa shape index (κ2) is 6.01. The maximum atomic E-state index is 11.3. The van der Waals surface area contributed by atoms with Crippen molar-refractivity contribution in [3.05, 3.63) is 34.3 Å². The lowest BCUT2D eigenvalue weighted by Gasteiger charge is -2.18. The predicted molar refractivity (Wildman–Crippen MR) is 67.2 cm³/mol. The Morgan fingerprint density at radius 3 is 2.69 bits per heavy atom. The molecular weight excluding hydrogens is 270 g/mol. The van der Waals surface area contributed by atoms with Crippen molar-refractivity contribution in [3.8, 4) is 0 Å². The molecule has 16 heavy (non-hydrogen) atoms. The molecule has 0 heterocycles. The van der Waals surface area contributed by atoms with Gasteiger partial charge in [-0.25, -0.2) is 0 Å². The highest BCUT2D eigenvalue weighted by Gasteiger charge is 2.16. The van der Waals surface area contributed by atoms with Crippen LogP contribution in [0.25, 0.3) is 0 Å². The van der Waals surface area contributed by atoms with E-state index in [4.69, 9.17) is 0 Å². The largest absolute Gasteiger partial charge is 0.468 e. The lowest BCUT2D eigenvalue weighted by atomic mass is 10.1. The Balaban J connectivity index is 2.65. The number of halogens is 1. The minimum absolute atomic E-state index is 0.103. The van der Waals surface area contributed by atoms with Crippen molar-refractivity contribution in [2.75, 3.05) is 7.11 Å². The van der Waals surface area contributed by atoms with Crippen LogP contribution in [0.4, 0.5) is 0 Å². The zero-order valence-corrected chi connectivity index (χ0v) is 11.2. The summed E-state index contributed by atoms with van der Waals surface area (Å²) < 4.78 is 5.69. The first kappa shape index (κ1) is 13.2. The highest BCUT2D eigenvalue weighted by atomic mass is 79.9. The molecule has 1 N–H and O–H groups in total. The Kier molecular flexibility index (Phi) is 4.96. The molecule has 1 unspecified atom stereocenters. The zero-order valence-electron chi connectivity index (χ0n) is 9.66. The molecular formula is C12H16BrNO2. The van der Waals surface area contributed by atoms with Crippen LogP contribution in [0.1, 0.15) is 25.5 Å². The predicted octanol–water partition coefficient (Wildman–Crippen LogP) is 2.66. The van der Waals surface area contributed by atoms with Crippen LogP contribution in [0.2, 0.25) is 0 Å². The van der Waals surface area contributed by atoms with Gasteiger partial charge >= 0.3 is 5.97 Å². The van der Waals surface area contributed by atoms with Gasteiger partial charge in [-0.1, -0.05) is 28.1 Å². The summed E-state index contributed by atoms with van der Waals surface area (Å²) in [5.74, 6) is -0.248. The summed E-state index contributed by atoms with van der Waals surface area (Å²) in [6.07, 6.45) is 0. The molecule has 0 bridgehead atoms. The van der Waals surface area contributed by atoms with Gasteiger partial charge in [-0.2, -0.15) is 0 Å². The third kappa shape index (κ3) is 3.61. The fourth-order valence-electron chi connectivity index (χ4n) is 1.49. The van der Waals surface area contributed by atoms with Crippen molar-refractivity contribution in [2.45, 2.75) is 25.9 Å². The van der Waals surface area contributed by atoms with Crippen LogP contribution in [-0.2, 0) is 9.53 Å². The molecule has 4 heteroatoms. The number of benzene rings is 1. The summed E-state index contributed by atoms with van der Waals surface area (Å²) in [5.41, 5.74) is 1.13. The molecule has 0 saturated heterocycles. The molecule has 2 atom stereocenters. The third-order valence-electron chi connectivity index (χ3n) is 2.40. The van der Waals surface area contributed by atoms with Gasteiger partial charge in [0.1, 0.15) is 6.04 Å². The smallest absolute Gasteiger partial charge is 0.322 e. The molecule has 0 radical (unpaired) electrons. The Labute approximate surface area is 104 Å². The van der Waals surface area contributed by atoms with E-state index < -0.39 is 0 Å². The van der Waals surface area contributed by atoms with Crippen molar-refractivity contribution >= 4 is 21.9 Å². The quantitative estimate of drug-likeness (QED) is 0.865. The van der Waals surface area contributed by atoms with E-state index in [9.17, 15) is 4.79 Å². The number of esters is 1. The second-order valence-electron chi connectivity index (χ2n) is 3.69. The molecule has 88 valence electrons. The fraction of sp³-hybridized carbons (Fsp3) is 0.417. The fourth-order valence-corrected chi connectivity index (χ4v) is 1.91. The molecule has 3 nitrogen and oxygen atoms in total. The average molecular weight is 286 g/mol. The monoisotopic (exact) mass is 285 g/mol. The first-order chi connectivity index (χ1) is 7.54. The van der Waals surface area contributed by atoms with E-state index in [-0.39, 0.29) is 18.1 Å². The van der Waals surface area contributed by atoms with Crippen molar-refractivity contribution in [2.24, 2.45) is 0 Å². The van der Waals surface area contributed by atoms with Crippen LogP contribution in [0.15, 0.2) is 28.7 Å². The van der Waals surface area contributed by atoms with Crippen molar-refractivity contribution < 1.29 is 9.53 Å². The van der Waals surface area contributed by atoms with Crippen LogP contribution in [0, 0.1) is 0 Å². The van der Waals surface area contributed by atoms with E-state index in [1.165, 1.54) is 7.11 Å². The minimum Gasteiger partial charge on any atom is -0.468 e. The van der Waals surface area contributed by atoms with Crippen molar-refractivity contribution in [3.63, 3.8) is 0 Å². The highest BCUT2D eigenvalue weighted by Crippen LogP contribution is 2.18. The highest BCUT2D eigenvalue weighted by molar-refractivity contribution is 9.10. The molecule has 1 aromatic carbocycles. The maximum Gasteiger partial charge on any atom is 0.322 e. The molecule has 0 fully saturated rings. The number of hydrogen-bond acceptors (Lipinski definition) is 3. The van der Waals surface area contributed by atoms with Gasteiger partial charge < -0.3 is 4.74 Å². The van der Waals surface area contributed by atoms with Gasteiger partial charge in [-0.05, 0) is 31.5 Å². The third-order valence-corrected chi connectivity index (χ3v) is 2.90. The van der Waals surface area contributed by atoms with Crippen LogP contribution < -0.4 is 5.32 Å². The number of nitrogens with one attached hydrogen (secondary N) is 1. The first-order valence-electron chi connectivity index (χ1n) is 5.14. The summed E-state index contributed by atoms with van der Waals surface area (Å²) >= 11 is 3.42. The van der Waals surface area contributed by atoms with E-state index >= 15 is 0 Å². The Morgan fingerprint density at radius 1 is 1.44 bits per heavy atom. The Morgan fingerprint density at radius 2 is 2.12 bits per heavy atom.